The number of aromatic nitrogens is 2. The third-order valence-electron chi connectivity index (χ3n) is 4.94. The molecule has 0 bridgehead atoms. The van der Waals surface area contributed by atoms with Crippen LogP contribution in [0.2, 0.25) is 0 Å². The van der Waals surface area contributed by atoms with Crippen LogP contribution in [0.25, 0.3) is 11.6 Å². The highest BCUT2D eigenvalue weighted by Gasteiger charge is 2.33. The minimum Gasteiger partial charge on any atom is -0.383 e. The highest BCUT2D eigenvalue weighted by atomic mass is 32.1. The first kappa shape index (κ1) is 23.0. The van der Waals surface area contributed by atoms with Gasteiger partial charge in [0.1, 0.15) is 23.4 Å². The predicted molar refractivity (Wildman–Crippen MR) is 108 cm³/mol. The number of thiophene rings is 1. The molecule has 0 saturated carbocycles. The van der Waals surface area contributed by atoms with Crippen molar-refractivity contribution in [3.63, 3.8) is 0 Å². The molecule has 2 N–H and O–H groups in total. The molecule has 170 valence electrons. The van der Waals surface area contributed by atoms with Gasteiger partial charge in [0.15, 0.2) is 6.80 Å². The van der Waals surface area contributed by atoms with Gasteiger partial charge in [0.25, 0.3) is 0 Å². The lowest BCUT2D eigenvalue weighted by molar-refractivity contribution is -0.139. The van der Waals surface area contributed by atoms with E-state index in [1.54, 1.807) is 0 Å². The molecule has 3 rings (SSSR count). The molecule has 1 fully saturated rings. The third kappa shape index (κ3) is 4.68. The largest absolute Gasteiger partial charge is 0.425 e. The van der Waals surface area contributed by atoms with Crippen molar-refractivity contribution in [2.75, 3.05) is 18.8 Å². The van der Waals surface area contributed by atoms with Gasteiger partial charge in [-0.15, -0.1) is 11.3 Å². The van der Waals surface area contributed by atoms with Gasteiger partial charge in [-0.2, -0.15) is 13.2 Å². The van der Waals surface area contributed by atoms with E-state index in [1.165, 1.54) is 17.0 Å². The Bertz CT molecular complexity index is 1050. The second-order valence-corrected chi connectivity index (χ2v) is 8.25. The Hall–Kier alpha value is -2.63. The zero-order valence-corrected chi connectivity index (χ0v) is 17.4. The fraction of sp³-hybridized carbons (Fsp3) is 0.474. The number of carbonyl (C=O) groups excluding carboxylic acids is 1. The van der Waals surface area contributed by atoms with Crippen LogP contribution in [0, 0.1) is 0 Å². The van der Waals surface area contributed by atoms with E-state index in [9.17, 15) is 31.5 Å². The van der Waals surface area contributed by atoms with Gasteiger partial charge in [0.05, 0.1) is 18.8 Å². The number of nitrogens with zero attached hydrogens (tertiary/aromatic N) is 3. The number of halogens is 5. The Balaban J connectivity index is 2.04. The molecule has 1 aliphatic heterocycles. The maximum absolute atomic E-state index is 13.4. The minimum absolute atomic E-state index is 0.0266. The number of hydrogen-bond donors (Lipinski definition) is 1. The van der Waals surface area contributed by atoms with Crippen LogP contribution in [0.5, 0.6) is 0 Å². The second-order valence-electron chi connectivity index (χ2n) is 7.16. The summed E-state index contributed by atoms with van der Waals surface area (Å²) in [5.41, 5.74) is 5.56. The molecular weight excluding hydrogens is 443 g/mol. The molecule has 0 unspecified atom stereocenters. The summed E-state index contributed by atoms with van der Waals surface area (Å²) in [4.78, 5) is 25.7. The average molecular weight is 464 g/mol. The molecule has 0 spiro atoms. The fourth-order valence-electron chi connectivity index (χ4n) is 3.28. The highest BCUT2D eigenvalue weighted by Crippen LogP contribution is 2.38. The van der Waals surface area contributed by atoms with Crippen LogP contribution in [0.3, 0.4) is 0 Å². The second kappa shape index (κ2) is 8.85. The molecule has 2 aromatic heterocycles. The highest BCUT2D eigenvalue weighted by molar-refractivity contribution is 7.13. The van der Waals surface area contributed by atoms with Crippen LogP contribution in [-0.2, 0) is 24.3 Å². The van der Waals surface area contributed by atoms with E-state index in [4.69, 9.17) is 5.73 Å². The van der Waals surface area contributed by atoms with Crippen molar-refractivity contribution in [1.82, 2.24) is 14.0 Å². The Morgan fingerprint density at radius 3 is 2.48 bits per heavy atom. The number of rotatable bonds is 7. The number of nitrogens with two attached hydrogens (primary N) is 1. The van der Waals surface area contributed by atoms with Crippen LogP contribution in [0.15, 0.2) is 16.9 Å². The zero-order valence-electron chi connectivity index (χ0n) is 16.6. The maximum atomic E-state index is 13.4. The zero-order chi connectivity index (χ0) is 22.9. The van der Waals surface area contributed by atoms with Gasteiger partial charge in [-0.25, -0.2) is 18.1 Å². The van der Waals surface area contributed by atoms with Gasteiger partial charge in [0.2, 0.25) is 5.91 Å². The first-order valence-electron chi connectivity index (χ1n) is 9.51. The molecule has 6 nitrogen and oxygen atoms in total. The van der Waals surface area contributed by atoms with Crippen LogP contribution in [0.4, 0.5) is 27.8 Å². The van der Waals surface area contributed by atoms with Crippen molar-refractivity contribution in [3.8, 4) is 0 Å². The van der Waals surface area contributed by atoms with Crippen LogP contribution < -0.4 is 11.4 Å². The van der Waals surface area contributed by atoms with Gasteiger partial charge >= 0.3 is 11.9 Å². The Labute approximate surface area is 178 Å². The first-order valence-corrected chi connectivity index (χ1v) is 10.3. The number of allylic oxidation sites excluding steroid dienone is 1. The molecular formula is C19H21F5N4O2S. The van der Waals surface area contributed by atoms with Gasteiger partial charge in [-0.1, -0.05) is 13.3 Å². The molecule has 2 aromatic rings. The summed E-state index contributed by atoms with van der Waals surface area (Å²) in [6.45, 7) is -0.0608. The van der Waals surface area contributed by atoms with Crippen LogP contribution in [-0.4, -0.2) is 39.2 Å². The van der Waals surface area contributed by atoms with E-state index in [2.05, 4.69) is 0 Å². The molecule has 12 heteroatoms. The fourth-order valence-corrected chi connectivity index (χ4v) is 4.19. The topological polar surface area (TPSA) is 73.3 Å². The predicted octanol–water partition coefficient (Wildman–Crippen LogP) is 3.76. The lowest BCUT2D eigenvalue weighted by Crippen LogP contribution is -2.53. The number of alkyl halides is 5. The first-order chi connectivity index (χ1) is 14.6. The molecule has 31 heavy (non-hydrogen) atoms. The number of likely N-dealkylation sites (tertiary alicyclic amines) is 1. The average Bonchev–Trinajstić information content (AvgIpc) is 3.24. The van der Waals surface area contributed by atoms with Crippen molar-refractivity contribution >= 4 is 34.7 Å². The molecule has 0 aromatic carbocycles. The van der Waals surface area contributed by atoms with E-state index in [0.29, 0.717) is 39.2 Å². The number of amides is 1. The normalized spacial score (nSPS) is 15.4. The smallest absolute Gasteiger partial charge is 0.383 e. The van der Waals surface area contributed by atoms with Gasteiger partial charge in [-0.05, 0) is 30.2 Å². The number of nitrogen functional groups attached to an aromatic ring is 1. The molecule has 1 amide bonds. The lowest BCUT2D eigenvalue weighted by Gasteiger charge is -2.34. The molecule has 1 aliphatic rings. The monoisotopic (exact) mass is 464 g/mol. The van der Waals surface area contributed by atoms with E-state index in [-0.39, 0.29) is 24.6 Å². The van der Waals surface area contributed by atoms with Crippen molar-refractivity contribution in [2.45, 2.75) is 45.5 Å². The van der Waals surface area contributed by atoms with Crippen molar-refractivity contribution in [1.29, 1.82) is 0 Å². The number of hydrogen-bond acceptors (Lipinski definition) is 4. The number of carbonyl (C=O) groups is 1. The molecule has 0 atom stereocenters. The summed E-state index contributed by atoms with van der Waals surface area (Å²) in [5, 5.41) is 0. The van der Waals surface area contributed by atoms with Crippen molar-refractivity contribution < 1.29 is 26.7 Å². The summed E-state index contributed by atoms with van der Waals surface area (Å²) in [6, 6.07) is 2.29. The maximum Gasteiger partial charge on any atom is 0.425 e. The number of imidazole rings is 1. The summed E-state index contributed by atoms with van der Waals surface area (Å²) in [5.74, 6) is -0.775. The van der Waals surface area contributed by atoms with E-state index in [1.807, 2.05) is 6.92 Å². The lowest BCUT2D eigenvalue weighted by atomic mass is 10.1. The number of anilines is 1. The standard InChI is InChI=1S/C19H21F5N4O2S/c1-2-3-11(14-4-5-15(31-14)19(22,23)24)6-13-17(25)28(10-20)18(30)27(13)9-16(29)26-7-12(21)8-26/h4-6,12H,2-3,7-10,25H2,1H3/b11-6+. The van der Waals surface area contributed by atoms with Crippen LogP contribution in [0.1, 0.15) is 35.2 Å². The van der Waals surface area contributed by atoms with E-state index >= 15 is 0 Å². The van der Waals surface area contributed by atoms with Gasteiger partial charge < -0.3 is 10.6 Å². The summed E-state index contributed by atoms with van der Waals surface area (Å²) in [6.07, 6.45) is -3.24. The molecule has 0 radical (unpaired) electrons. The van der Waals surface area contributed by atoms with Gasteiger partial charge in [-0.3, -0.25) is 9.36 Å². The summed E-state index contributed by atoms with van der Waals surface area (Å²) < 4.78 is 67.1. The molecule has 3 heterocycles. The van der Waals surface area contributed by atoms with Crippen LogP contribution >= 0.6 is 11.3 Å². The Morgan fingerprint density at radius 2 is 1.97 bits per heavy atom. The minimum atomic E-state index is -4.49. The SMILES string of the molecule is CCC/C(=C\c1c(N)n(CF)c(=O)n1CC(=O)N1CC(F)C1)c1ccc(C(F)(F)F)s1. The quantitative estimate of drug-likeness (QED) is 0.635. The van der Waals surface area contributed by atoms with E-state index < -0.39 is 42.2 Å². The third-order valence-corrected chi connectivity index (χ3v) is 6.15. The van der Waals surface area contributed by atoms with Crippen molar-refractivity contribution in [3.05, 3.63) is 38.1 Å². The van der Waals surface area contributed by atoms with Crippen molar-refractivity contribution in [2.24, 2.45) is 0 Å². The Morgan fingerprint density at radius 1 is 1.29 bits per heavy atom. The summed E-state index contributed by atoms with van der Waals surface area (Å²) >= 11 is 0.548. The van der Waals surface area contributed by atoms with Gasteiger partial charge in [0, 0.05) is 4.88 Å². The molecule has 0 aliphatic carbocycles. The summed E-state index contributed by atoms with van der Waals surface area (Å²) in [7, 11) is 0. The molecule has 1 saturated heterocycles. The van der Waals surface area contributed by atoms with E-state index in [0.717, 1.165) is 10.6 Å². The Kier molecular flexibility index (Phi) is 6.58.